The molecule has 1 N–H and O–H groups in total. The molecule has 0 spiro atoms. The molecule has 0 amide bonds. The van der Waals surface area contributed by atoms with Gasteiger partial charge in [0.25, 0.3) is 0 Å². The summed E-state index contributed by atoms with van der Waals surface area (Å²) in [7, 11) is 0. The molecular formula is C13H14N2S. The molecule has 0 saturated heterocycles. The van der Waals surface area contributed by atoms with E-state index in [2.05, 4.69) is 36.2 Å². The summed E-state index contributed by atoms with van der Waals surface area (Å²) in [4.78, 5) is 0. The molecular weight excluding hydrogens is 216 g/mol. The number of aromatic nitrogens is 2. The molecule has 0 aliphatic heterocycles. The van der Waals surface area contributed by atoms with E-state index in [1.165, 1.54) is 5.56 Å². The number of nitrogens with one attached hydrogen (secondary N) is 1. The first-order chi connectivity index (χ1) is 7.61. The number of aromatic amines is 1. The Morgan fingerprint density at radius 2 is 1.75 bits per heavy atom. The lowest BCUT2D eigenvalue weighted by atomic mass is 10.0. The van der Waals surface area contributed by atoms with E-state index in [0.717, 1.165) is 27.0 Å². The van der Waals surface area contributed by atoms with Crippen molar-refractivity contribution in [3.63, 3.8) is 0 Å². The van der Waals surface area contributed by atoms with E-state index in [-0.39, 0.29) is 0 Å². The normalized spacial score (nSPS) is 10.4. The second kappa shape index (κ2) is 4.18. The number of hydrogen-bond acceptors (Lipinski definition) is 2. The molecule has 82 valence electrons. The number of H-pyrrole nitrogens is 1. The first-order valence-corrected chi connectivity index (χ1v) is 5.64. The Kier molecular flexibility index (Phi) is 2.88. The molecule has 0 atom stereocenters. The molecule has 0 unspecified atom stereocenters. The second-order valence-electron chi connectivity index (χ2n) is 3.97. The zero-order chi connectivity index (χ0) is 11.7. The lowest BCUT2D eigenvalue weighted by Crippen LogP contribution is -1.97. The predicted molar refractivity (Wildman–Crippen MR) is 69.1 cm³/mol. The van der Waals surface area contributed by atoms with Crippen molar-refractivity contribution >= 4 is 12.2 Å². The largest absolute Gasteiger partial charge is 0.267 e. The summed E-state index contributed by atoms with van der Waals surface area (Å²) in [6.45, 7) is 6.18. The van der Waals surface area contributed by atoms with E-state index in [1.807, 2.05) is 19.1 Å². The molecule has 0 fully saturated rings. The maximum Gasteiger partial charge on any atom is 0.122 e. The predicted octanol–water partition coefficient (Wildman–Crippen LogP) is 3.73. The highest BCUT2D eigenvalue weighted by molar-refractivity contribution is 7.71. The zero-order valence-corrected chi connectivity index (χ0v) is 10.5. The van der Waals surface area contributed by atoms with Crippen LogP contribution in [0, 0.1) is 25.4 Å². The van der Waals surface area contributed by atoms with Crippen LogP contribution < -0.4 is 0 Å². The van der Waals surface area contributed by atoms with Gasteiger partial charge in [-0.05, 0) is 37.5 Å². The van der Waals surface area contributed by atoms with Gasteiger partial charge in [0.05, 0.1) is 5.69 Å². The van der Waals surface area contributed by atoms with Crippen LogP contribution in [-0.2, 0) is 0 Å². The van der Waals surface area contributed by atoms with Crippen molar-refractivity contribution in [1.29, 1.82) is 0 Å². The van der Waals surface area contributed by atoms with Gasteiger partial charge in [0.2, 0.25) is 0 Å². The molecule has 16 heavy (non-hydrogen) atoms. The molecule has 2 rings (SSSR count). The second-order valence-corrected chi connectivity index (χ2v) is 4.37. The quantitative estimate of drug-likeness (QED) is 0.756. The van der Waals surface area contributed by atoms with Crippen LogP contribution >= 0.6 is 12.2 Å². The van der Waals surface area contributed by atoms with Crippen LogP contribution in [0.4, 0.5) is 0 Å². The van der Waals surface area contributed by atoms with Crippen LogP contribution in [0.5, 0.6) is 0 Å². The van der Waals surface area contributed by atoms with E-state index in [9.17, 15) is 0 Å². The molecule has 2 nitrogen and oxygen atoms in total. The van der Waals surface area contributed by atoms with Gasteiger partial charge in [-0.25, -0.2) is 0 Å². The molecule has 0 aliphatic carbocycles. The molecule has 1 heterocycles. The number of benzene rings is 1. The van der Waals surface area contributed by atoms with Crippen LogP contribution in [0.2, 0.25) is 0 Å². The number of rotatable bonds is 1. The Morgan fingerprint density at radius 3 is 2.44 bits per heavy atom. The van der Waals surface area contributed by atoms with Crippen molar-refractivity contribution in [3.8, 4) is 11.3 Å². The molecule has 1 aromatic carbocycles. The van der Waals surface area contributed by atoms with Gasteiger partial charge < -0.3 is 0 Å². The van der Waals surface area contributed by atoms with Gasteiger partial charge in [0, 0.05) is 5.56 Å². The highest BCUT2D eigenvalue weighted by Crippen LogP contribution is 2.25. The maximum absolute atomic E-state index is 5.17. The van der Waals surface area contributed by atoms with E-state index in [4.69, 9.17) is 12.2 Å². The third-order valence-electron chi connectivity index (χ3n) is 2.93. The van der Waals surface area contributed by atoms with Gasteiger partial charge in [0.15, 0.2) is 0 Å². The summed E-state index contributed by atoms with van der Waals surface area (Å²) in [5, 5.41) is 7.24. The summed E-state index contributed by atoms with van der Waals surface area (Å²) in [6, 6.07) is 8.24. The fraction of sp³-hybridized carbons (Fsp3) is 0.231. The molecule has 2 aromatic rings. The van der Waals surface area contributed by atoms with Crippen LogP contribution in [-0.4, -0.2) is 10.2 Å². The molecule has 0 bridgehead atoms. The highest BCUT2D eigenvalue weighted by atomic mass is 32.1. The van der Waals surface area contributed by atoms with E-state index < -0.39 is 0 Å². The topological polar surface area (TPSA) is 28.7 Å². The van der Waals surface area contributed by atoms with Gasteiger partial charge in [-0.3, -0.25) is 5.10 Å². The van der Waals surface area contributed by atoms with Gasteiger partial charge in [-0.1, -0.05) is 36.5 Å². The minimum Gasteiger partial charge on any atom is -0.267 e. The van der Waals surface area contributed by atoms with E-state index >= 15 is 0 Å². The van der Waals surface area contributed by atoms with Crippen molar-refractivity contribution in [2.45, 2.75) is 20.8 Å². The van der Waals surface area contributed by atoms with Crippen molar-refractivity contribution < 1.29 is 0 Å². The Hall–Kier alpha value is -1.48. The molecule has 0 aliphatic rings. The van der Waals surface area contributed by atoms with Gasteiger partial charge in [-0.15, -0.1) is 0 Å². The first-order valence-electron chi connectivity index (χ1n) is 5.23. The number of nitrogens with zero attached hydrogens (tertiary/aromatic N) is 1. The SMILES string of the molecule is Cc1ccccc1-c1n[nH]c(=S)c(C)c1C. The maximum atomic E-state index is 5.17. The highest BCUT2D eigenvalue weighted by Gasteiger charge is 2.08. The first kappa shape index (κ1) is 11.0. The Morgan fingerprint density at radius 1 is 1.06 bits per heavy atom. The molecule has 3 heteroatoms. The van der Waals surface area contributed by atoms with Crippen LogP contribution in [0.15, 0.2) is 24.3 Å². The lowest BCUT2D eigenvalue weighted by molar-refractivity contribution is 0.985. The van der Waals surface area contributed by atoms with Crippen LogP contribution in [0.3, 0.4) is 0 Å². The fourth-order valence-corrected chi connectivity index (χ4v) is 1.92. The zero-order valence-electron chi connectivity index (χ0n) is 9.66. The monoisotopic (exact) mass is 230 g/mol. The minimum atomic E-state index is 0.717. The third-order valence-corrected chi connectivity index (χ3v) is 3.33. The van der Waals surface area contributed by atoms with Crippen molar-refractivity contribution in [3.05, 3.63) is 45.6 Å². The molecule has 1 aromatic heterocycles. The Balaban J connectivity index is 2.71. The number of aryl methyl sites for hydroxylation is 1. The van der Waals surface area contributed by atoms with Crippen molar-refractivity contribution in [1.82, 2.24) is 10.2 Å². The van der Waals surface area contributed by atoms with Crippen LogP contribution in [0.25, 0.3) is 11.3 Å². The average molecular weight is 230 g/mol. The fourth-order valence-electron chi connectivity index (χ4n) is 1.72. The molecule has 0 radical (unpaired) electrons. The summed E-state index contributed by atoms with van der Waals surface area (Å²) in [5.74, 6) is 0. The average Bonchev–Trinajstić information content (AvgIpc) is 2.28. The summed E-state index contributed by atoms with van der Waals surface area (Å²) in [5.41, 5.74) is 5.63. The summed E-state index contributed by atoms with van der Waals surface area (Å²) in [6.07, 6.45) is 0. The smallest absolute Gasteiger partial charge is 0.122 e. The Bertz CT molecular complexity index is 585. The summed E-state index contributed by atoms with van der Waals surface area (Å²) >= 11 is 5.17. The van der Waals surface area contributed by atoms with Crippen molar-refractivity contribution in [2.24, 2.45) is 0 Å². The van der Waals surface area contributed by atoms with Gasteiger partial charge >= 0.3 is 0 Å². The Labute approximate surface area is 100 Å². The van der Waals surface area contributed by atoms with E-state index in [0.29, 0.717) is 0 Å². The van der Waals surface area contributed by atoms with Crippen molar-refractivity contribution in [2.75, 3.05) is 0 Å². The standard InChI is InChI=1S/C13H14N2S/c1-8-6-4-5-7-11(8)12-9(2)10(3)13(16)15-14-12/h4-7H,1-3H3,(H,15,16). The molecule has 0 saturated carbocycles. The minimum absolute atomic E-state index is 0.717. The lowest BCUT2D eigenvalue weighted by Gasteiger charge is -2.09. The summed E-state index contributed by atoms with van der Waals surface area (Å²) < 4.78 is 0.717. The third kappa shape index (κ3) is 1.78. The van der Waals surface area contributed by atoms with Crippen LogP contribution in [0.1, 0.15) is 16.7 Å². The van der Waals surface area contributed by atoms with Gasteiger partial charge in [-0.2, -0.15) is 5.10 Å². The van der Waals surface area contributed by atoms with Gasteiger partial charge in [0.1, 0.15) is 4.64 Å². The number of hydrogen-bond donors (Lipinski definition) is 1. The van der Waals surface area contributed by atoms with E-state index in [1.54, 1.807) is 0 Å².